The number of thiazole rings is 1. The number of halogens is 3. The van der Waals surface area contributed by atoms with Crippen molar-refractivity contribution in [2.45, 2.75) is 6.42 Å². The fourth-order valence-electron chi connectivity index (χ4n) is 2.09. The third-order valence-electron chi connectivity index (χ3n) is 3.47. The first-order chi connectivity index (χ1) is 10.2. The molecule has 0 saturated carbocycles. The van der Waals surface area contributed by atoms with Crippen LogP contribution in [0.3, 0.4) is 0 Å². The highest BCUT2D eigenvalue weighted by atomic mass is 35.5. The molecule has 23 heavy (non-hydrogen) atoms. The Morgan fingerprint density at radius 1 is 1.30 bits per heavy atom. The van der Waals surface area contributed by atoms with Crippen LogP contribution in [-0.4, -0.2) is 30.5 Å². The maximum absolute atomic E-state index is 12.8. The molecule has 1 saturated heterocycles. The average molecular weight is 378 g/mol. The van der Waals surface area contributed by atoms with E-state index in [9.17, 15) is 9.18 Å². The lowest BCUT2D eigenvalue weighted by Crippen LogP contribution is -2.48. The van der Waals surface area contributed by atoms with Crippen molar-refractivity contribution < 1.29 is 9.18 Å². The van der Waals surface area contributed by atoms with Crippen LogP contribution in [0.15, 0.2) is 29.6 Å². The van der Waals surface area contributed by atoms with Crippen molar-refractivity contribution in [3.63, 3.8) is 0 Å². The monoisotopic (exact) mass is 377 g/mol. The lowest BCUT2D eigenvalue weighted by molar-refractivity contribution is 0.0937. The molecule has 1 aromatic heterocycles. The van der Waals surface area contributed by atoms with Gasteiger partial charge in [-0.3, -0.25) is 4.79 Å². The van der Waals surface area contributed by atoms with Crippen LogP contribution >= 0.6 is 36.2 Å². The zero-order valence-electron chi connectivity index (χ0n) is 12.3. The summed E-state index contributed by atoms with van der Waals surface area (Å²) in [6, 6.07) is 6.34. The predicted molar refractivity (Wildman–Crippen MR) is 94.5 cm³/mol. The van der Waals surface area contributed by atoms with Gasteiger partial charge in [-0.15, -0.1) is 36.2 Å². The minimum Gasteiger partial charge on any atom is -0.350 e. The Morgan fingerprint density at radius 3 is 2.61 bits per heavy atom. The lowest BCUT2D eigenvalue weighted by atomic mass is 10.0. The molecule has 2 heterocycles. The first-order valence-corrected chi connectivity index (χ1v) is 7.76. The number of hydrogen-bond donors (Lipinski definition) is 2. The van der Waals surface area contributed by atoms with E-state index >= 15 is 0 Å². The fourth-order valence-corrected chi connectivity index (χ4v) is 2.90. The van der Waals surface area contributed by atoms with Gasteiger partial charge in [0, 0.05) is 37.4 Å². The first-order valence-electron chi connectivity index (χ1n) is 6.88. The maximum atomic E-state index is 12.8. The second-order valence-corrected chi connectivity index (χ2v) is 6.11. The second-order valence-electron chi connectivity index (χ2n) is 5.16. The molecule has 1 amide bonds. The maximum Gasteiger partial charge on any atom is 0.270 e. The van der Waals surface area contributed by atoms with Crippen molar-refractivity contribution in [1.29, 1.82) is 0 Å². The molecule has 1 aliphatic heterocycles. The molecule has 0 radical (unpaired) electrons. The van der Waals surface area contributed by atoms with Crippen molar-refractivity contribution in [1.82, 2.24) is 15.6 Å². The number of rotatable bonds is 5. The molecule has 0 aliphatic carbocycles. The normalized spacial score (nSPS) is 13.4. The number of aromatic nitrogens is 1. The number of carbonyl (C=O) groups is 1. The van der Waals surface area contributed by atoms with Crippen LogP contribution in [0.5, 0.6) is 0 Å². The van der Waals surface area contributed by atoms with E-state index in [0.717, 1.165) is 23.7 Å². The van der Waals surface area contributed by atoms with Crippen molar-refractivity contribution in [2.24, 2.45) is 5.92 Å². The quantitative estimate of drug-likeness (QED) is 0.841. The Labute approximate surface area is 150 Å². The summed E-state index contributed by atoms with van der Waals surface area (Å²) in [4.78, 5) is 16.3. The summed E-state index contributed by atoms with van der Waals surface area (Å²) in [5, 5.41) is 8.70. The molecule has 0 spiro atoms. The van der Waals surface area contributed by atoms with Crippen LogP contribution in [0.4, 0.5) is 4.39 Å². The SMILES string of the molecule is Cl.Cl.O=C(NCC1CNC1)c1csc(Cc2ccc(F)cc2)n1. The van der Waals surface area contributed by atoms with Crippen LogP contribution in [0.1, 0.15) is 21.1 Å². The largest absolute Gasteiger partial charge is 0.350 e. The summed E-state index contributed by atoms with van der Waals surface area (Å²) < 4.78 is 12.8. The van der Waals surface area contributed by atoms with E-state index in [4.69, 9.17) is 0 Å². The Morgan fingerprint density at radius 2 is 2.00 bits per heavy atom. The van der Waals surface area contributed by atoms with Gasteiger partial charge in [0.2, 0.25) is 0 Å². The molecule has 1 aromatic carbocycles. The van der Waals surface area contributed by atoms with E-state index in [2.05, 4.69) is 15.6 Å². The number of nitrogens with zero attached hydrogens (tertiary/aromatic N) is 1. The van der Waals surface area contributed by atoms with Crippen molar-refractivity contribution in [3.8, 4) is 0 Å². The fraction of sp³-hybridized carbons (Fsp3) is 0.333. The van der Waals surface area contributed by atoms with E-state index in [-0.39, 0.29) is 36.5 Å². The van der Waals surface area contributed by atoms with Crippen LogP contribution in [0, 0.1) is 11.7 Å². The van der Waals surface area contributed by atoms with Gasteiger partial charge < -0.3 is 10.6 Å². The summed E-state index contributed by atoms with van der Waals surface area (Å²) in [5.74, 6) is 0.165. The second kappa shape index (κ2) is 9.17. The van der Waals surface area contributed by atoms with Crippen molar-refractivity contribution in [3.05, 3.63) is 51.7 Å². The first kappa shape index (κ1) is 19.8. The molecule has 8 heteroatoms. The highest BCUT2D eigenvalue weighted by molar-refractivity contribution is 7.09. The minimum absolute atomic E-state index is 0. The Bertz CT molecular complexity index is 632. The van der Waals surface area contributed by atoms with E-state index in [1.807, 2.05) is 0 Å². The van der Waals surface area contributed by atoms with E-state index < -0.39 is 0 Å². The number of nitrogens with one attached hydrogen (secondary N) is 2. The third kappa shape index (κ3) is 5.42. The van der Waals surface area contributed by atoms with Gasteiger partial charge in [-0.2, -0.15) is 0 Å². The Kier molecular flexibility index (Phi) is 7.91. The number of benzene rings is 1. The van der Waals surface area contributed by atoms with Gasteiger partial charge in [0.1, 0.15) is 11.5 Å². The van der Waals surface area contributed by atoms with Crippen LogP contribution < -0.4 is 10.6 Å². The van der Waals surface area contributed by atoms with Gasteiger partial charge in [-0.05, 0) is 17.7 Å². The van der Waals surface area contributed by atoms with Crippen molar-refractivity contribution in [2.75, 3.05) is 19.6 Å². The topological polar surface area (TPSA) is 54.0 Å². The molecule has 1 aliphatic rings. The molecule has 2 aromatic rings. The van der Waals surface area contributed by atoms with Crippen LogP contribution in [0.25, 0.3) is 0 Å². The van der Waals surface area contributed by atoms with Crippen molar-refractivity contribution >= 4 is 42.1 Å². The number of carbonyl (C=O) groups excluding carboxylic acids is 1. The average Bonchev–Trinajstić information content (AvgIpc) is 2.88. The lowest BCUT2D eigenvalue weighted by Gasteiger charge is -2.26. The van der Waals surface area contributed by atoms with Crippen LogP contribution in [0.2, 0.25) is 0 Å². The molecule has 3 rings (SSSR count). The molecule has 0 atom stereocenters. The molecular weight excluding hydrogens is 360 g/mol. The minimum atomic E-state index is -0.247. The highest BCUT2D eigenvalue weighted by Gasteiger charge is 2.18. The zero-order chi connectivity index (χ0) is 14.7. The van der Waals surface area contributed by atoms with Gasteiger partial charge >= 0.3 is 0 Å². The van der Waals surface area contributed by atoms with Gasteiger partial charge in [0.15, 0.2) is 0 Å². The highest BCUT2D eigenvalue weighted by Crippen LogP contribution is 2.15. The van der Waals surface area contributed by atoms with Gasteiger partial charge in [-0.25, -0.2) is 9.37 Å². The Balaban J connectivity index is 0.00000132. The molecule has 0 bridgehead atoms. The van der Waals surface area contributed by atoms with Gasteiger partial charge in [0.25, 0.3) is 5.91 Å². The molecule has 1 fully saturated rings. The zero-order valence-corrected chi connectivity index (χ0v) is 14.7. The molecular formula is C15H18Cl2FN3OS. The smallest absolute Gasteiger partial charge is 0.270 e. The molecule has 126 valence electrons. The summed E-state index contributed by atoms with van der Waals surface area (Å²) in [5.41, 5.74) is 1.45. The summed E-state index contributed by atoms with van der Waals surface area (Å²) in [6.45, 7) is 2.62. The molecule has 0 unspecified atom stereocenters. The molecule has 2 N–H and O–H groups in total. The van der Waals surface area contributed by atoms with E-state index in [1.54, 1.807) is 17.5 Å². The third-order valence-corrected chi connectivity index (χ3v) is 4.32. The molecule has 4 nitrogen and oxygen atoms in total. The van der Waals surface area contributed by atoms with E-state index in [1.165, 1.54) is 23.5 Å². The van der Waals surface area contributed by atoms with Gasteiger partial charge in [-0.1, -0.05) is 12.1 Å². The predicted octanol–water partition coefficient (Wildman–Crippen LogP) is 2.67. The van der Waals surface area contributed by atoms with Crippen LogP contribution in [-0.2, 0) is 6.42 Å². The number of amides is 1. The Hall–Kier alpha value is -1.21. The summed E-state index contributed by atoms with van der Waals surface area (Å²) in [6.07, 6.45) is 0.616. The van der Waals surface area contributed by atoms with Gasteiger partial charge in [0.05, 0.1) is 5.01 Å². The summed E-state index contributed by atoms with van der Waals surface area (Å²) in [7, 11) is 0. The van der Waals surface area contributed by atoms with E-state index in [0.29, 0.717) is 24.6 Å². The number of hydrogen-bond acceptors (Lipinski definition) is 4. The standard InChI is InChI=1S/C15H16FN3OS.2ClH/c16-12-3-1-10(2-4-12)5-14-19-13(9-21-14)15(20)18-8-11-6-17-7-11;;/h1-4,9,11,17H,5-8H2,(H,18,20);2*1H. The summed E-state index contributed by atoms with van der Waals surface area (Å²) >= 11 is 1.45.